The van der Waals surface area contributed by atoms with Crippen LogP contribution in [0.5, 0.6) is 0 Å². The van der Waals surface area contributed by atoms with E-state index in [1.54, 1.807) is 13.3 Å². The van der Waals surface area contributed by atoms with Gasteiger partial charge in [-0.25, -0.2) is 9.97 Å². The number of hydrogen-bond acceptors (Lipinski definition) is 4. The molecule has 84 valence electrons. The third kappa shape index (κ3) is 4.44. The number of rotatable bonds is 6. The average Bonchev–Trinajstić information content (AvgIpc) is 2.18. The molecule has 1 aromatic rings. The van der Waals surface area contributed by atoms with Crippen LogP contribution >= 0.6 is 11.6 Å². The van der Waals surface area contributed by atoms with Gasteiger partial charge in [-0.1, -0.05) is 0 Å². The van der Waals surface area contributed by atoms with Crippen molar-refractivity contribution in [2.75, 3.05) is 24.9 Å². The Labute approximate surface area is 95.0 Å². The fraction of sp³-hybridized carbons (Fsp3) is 0.600. The van der Waals surface area contributed by atoms with E-state index in [1.807, 2.05) is 13.0 Å². The van der Waals surface area contributed by atoms with Crippen molar-refractivity contribution in [3.8, 4) is 0 Å². The van der Waals surface area contributed by atoms with Crippen LogP contribution in [0.4, 0.5) is 5.82 Å². The van der Waals surface area contributed by atoms with Crippen molar-refractivity contribution in [2.24, 2.45) is 0 Å². The van der Waals surface area contributed by atoms with Gasteiger partial charge in [0.2, 0.25) is 0 Å². The summed E-state index contributed by atoms with van der Waals surface area (Å²) in [5.41, 5.74) is 0. The Morgan fingerprint density at radius 2 is 2.40 bits per heavy atom. The van der Waals surface area contributed by atoms with Crippen molar-refractivity contribution in [3.63, 3.8) is 0 Å². The third-order valence-electron chi connectivity index (χ3n) is 1.95. The maximum Gasteiger partial charge on any atom is 0.129 e. The Morgan fingerprint density at radius 1 is 1.60 bits per heavy atom. The van der Waals surface area contributed by atoms with Crippen LogP contribution in [0.2, 0.25) is 0 Å². The number of hydrogen-bond donors (Lipinski definition) is 1. The lowest BCUT2D eigenvalue weighted by Crippen LogP contribution is -2.26. The molecule has 1 rings (SSSR count). The lowest BCUT2D eigenvalue weighted by molar-refractivity contribution is 0.184. The van der Waals surface area contributed by atoms with Crippen LogP contribution in [0.3, 0.4) is 0 Å². The van der Waals surface area contributed by atoms with Gasteiger partial charge in [-0.3, -0.25) is 0 Å². The first-order chi connectivity index (χ1) is 7.26. The number of nitrogens with zero attached hydrogens (tertiary/aromatic N) is 2. The van der Waals surface area contributed by atoms with Crippen LogP contribution in [0.25, 0.3) is 0 Å². The van der Waals surface area contributed by atoms with Gasteiger partial charge in [0, 0.05) is 19.2 Å². The summed E-state index contributed by atoms with van der Waals surface area (Å²) in [5.74, 6) is 2.17. The van der Waals surface area contributed by atoms with Gasteiger partial charge in [0.15, 0.2) is 0 Å². The Bertz CT molecular complexity index is 290. The summed E-state index contributed by atoms with van der Waals surface area (Å²) in [6.07, 6.45) is 2.58. The molecule has 0 aliphatic carbocycles. The molecule has 5 heteroatoms. The number of alkyl halides is 1. The van der Waals surface area contributed by atoms with Gasteiger partial charge in [-0.2, -0.15) is 0 Å². The zero-order chi connectivity index (χ0) is 11.1. The van der Waals surface area contributed by atoms with E-state index in [1.165, 1.54) is 0 Å². The molecule has 0 aromatic carbocycles. The Morgan fingerprint density at radius 3 is 3.00 bits per heavy atom. The standard InChI is InChI=1S/C10H16ClN3O/c1-8-12-6-4-10(13-8)14-9(3-5-11)7-15-2/h4,6,9H,3,5,7H2,1-2H3,(H,12,13,14). The highest BCUT2D eigenvalue weighted by Crippen LogP contribution is 2.07. The molecule has 1 unspecified atom stereocenters. The fourth-order valence-electron chi connectivity index (χ4n) is 1.28. The van der Waals surface area contributed by atoms with Gasteiger partial charge in [0.05, 0.1) is 12.6 Å². The molecule has 0 radical (unpaired) electrons. The van der Waals surface area contributed by atoms with Crippen LogP contribution < -0.4 is 5.32 Å². The molecule has 0 fully saturated rings. The molecule has 0 aliphatic heterocycles. The van der Waals surface area contributed by atoms with Crippen molar-refractivity contribution >= 4 is 17.4 Å². The van der Waals surface area contributed by atoms with Crippen LogP contribution in [0, 0.1) is 6.92 Å². The zero-order valence-corrected chi connectivity index (χ0v) is 9.79. The number of methoxy groups -OCH3 is 1. The van der Waals surface area contributed by atoms with Gasteiger partial charge in [-0.05, 0) is 19.4 Å². The summed E-state index contributed by atoms with van der Waals surface area (Å²) in [6.45, 7) is 2.48. The van der Waals surface area contributed by atoms with E-state index in [9.17, 15) is 0 Å². The second-order valence-electron chi connectivity index (χ2n) is 3.26. The van der Waals surface area contributed by atoms with Crippen LogP contribution in [0.1, 0.15) is 12.2 Å². The predicted molar refractivity (Wildman–Crippen MR) is 61.4 cm³/mol. The Balaban J connectivity index is 2.56. The van der Waals surface area contributed by atoms with Crippen LogP contribution in [-0.4, -0.2) is 35.6 Å². The predicted octanol–water partition coefficient (Wildman–Crippen LogP) is 1.84. The summed E-state index contributed by atoms with van der Waals surface area (Å²) in [5, 5.41) is 3.26. The molecular formula is C10H16ClN3O. The van der Waals surface area contributed by atoms with E-state index in [0.717, 1.165) is 18.1 Å². The first-order valence-corrected chi connectivity index (χ1v) is 5.40. The molecule has 0 bridgehead atoms. The minimum Gasteiger partial charge on any atom is -0.383 e. The van der Waals surface area contributed by atoms with Crippen molar-refractivity contribution in [3.05, 3.63) is 18.1 Å². The number of aromatic nitrogens is 2. The normalized spacial score (nSPS) is 12.5. The van der Waals surface area contributed by atoms with E-state index in [4.69, 9.17) is 16.3 Å². The second kappa shape index (κ2) is 6.58. The highest BCUT2D eigenvalue weighted by molar-refractivity contribution is 6.17. The Kier molecular flexibility index (Phi) is 5.36. The number of aryl methyl sites for hydroxylation is 1. The molecule has 0 aliphatic rings. The van der Waals surface area contributed by atoms with E-state index in [0.29, 0.717) is 12.5 Å². The maximum atomic E-state index is 5.70. The first-order valence-electron chi connectivity index (χ1n) is 4.87. The zero-order valence-electron chi connectivity index (χ0n) is 9.03. The van der Waals surface area contributed by atoms with Gasteiger partial charge in [0.25, 0.3) is 0 Å². The molecule has 4 nitrogen and oxygen atoms in total. The number of ether oxygens (including phenoxy) is 1. The lowest BCUT2D eigenvalue weighted by atomic mass is 10.2. The smallest absolute Gasteiger partial charge is 0.129 e. The van der Waals surface area contributed by atoms with Crippen molar-refractivity contribution in [1.29, 1.82) is 0 Å². The molecule has 1 aromatic heterocycles. The van der Waals surface area contributed by atoms with Gasteiger partial charge < -0.3 is 10.1 Å². The van der Waals surface area contributed by atoms with E-state index in [2.05, 4.69) is 15.3 Å². The molecule has 1 heterocycles. The lowest BCUT2D eigenvalue weighted by Gasteiger charge is -2.17. The summed E-state index contributed by atoms with van der Waals surface area (Å²) >= 11 is 5.70. The molecule has 0 saturated carbocycles. The SMILES string of the molecule is COCC(CCCl)Nc1ccnc(C)n1. The topological polar surface area (TPSA) is 47.0 Å². The quantitative estimate of drug-likeness (QED) is 0.757. The largest absolute Gasteiger partial charge is 0.383 e. The Hall–Kier alpha value is -0.870. The minimum absolute atomic E-state index is 0.196. The van der Waals surface area contributed by atoms with Crippen LogP contribution in [-0.2, 0) is 4.74 Å². The average molecular weight is 230 g/mol. The maximum absolute atomic E-state index is 5.70. The molecule has 0 saturated heterocycles. The van der Waals surface area contributed by atoms with E-state index in [-0.39, 0.29) is 6.04 Å². The molecule has 1 atom stereocenters. The van der Waals surface area contributed by atoms with Gasteiger partial charge >= 0.3 is 0 Å². The molecule has 1 N–H and O–H groups in total. The first kappa shape index (κ1) is 12.2. The molecule has 0 spiro atoms. The highest BCUT2D eigenvalue weighted by atomic mass is 35.5. The summed E-state index contributed by atoms with van der Waals surface area (Å²) in [6, 6.07) is 2.03. The monoisotopic (exact) mass is 229 g/mol. The fourth-order valence-corrected chi connectivity index (χ4v) is 1.54. The second-order valence-corrected chi connectivity index (χ2v) is 3.64. The number of halogens is 1. The summed E-state index contributed by atoms with van der Waals surface area (Å²) in [7, 11) is 1.67. The number of anilines is 1. The van der Waals surface area contributed by atoms with Crippen molar-refractivity contribution < 1.29 is 4.74 Å². The van der Waals surface area contributed by atoms with E-state index < -0.39 is 0 Å². The van der Waals surface area contributed by atoms with Crippen LogP contribution in [0.15, 0.2) is 12.3 Å². The summed E-state index contributed by atoms with van der Waals surface area (Å²) < 4.78 is 5.09. The van der Waals surface area contributed by atoms with Gasteiger partial charge in [-0.15, -0.1) is 11.6 Å². The van der Waals surface area contributed by atoms with Gasteiger partial charge in [0.1, 0.15) is 11.6 Å². The summed E-state index contributed by atoms with van der Waals surface area (Å²) in [4.78, 5) is 8.29. The highest BCUT2D eigenvalue weighted by Gasteiger charge is 2.08. The molecule has 15 heavy (non-hydrogen) atoms. The number of nitrogens with one attached hydrogen (secondary N) is 1. The molecule has 0 amide bonds. The van der Waals surface area contributed by atoms with Crippen molar-refractivity contribution in [2.45, 2.75) is 19.4 Å². The minimum atomic E-state index is 0.196. The molecular weight excluding hydrogens is 214 g/mol. The third-order valence-corrected chi connectivity index (χ3v) is 2.17. The van der Waals surface area contributed by atoms with Crippen molar-refractivity contribution in [1.82, 2.24) is 9.97 Å². The van der Waals surface area contributed by atoms with E-state index >= 15 is 0 Å².